The van der Waals surface area contributed by atoms with Gasteiger partial charge < -0.3 is 15.5 Å². The van der Waals surface area contributed by atoms with Crippen LogP contribution in [-0.2, 0) is 23.1 Å². The minimum atomic E-state index is -3.68. The first kappa shape index (κ1) is 14.5. The molecule has 108 valence electrons. The summed E-state index contributed by atoms with van der Waals surface area (Å²) in [5.74, 6) is 0.797. The predicted molar refractivity (Wildman–Crippen MR) is 73.5 cm³/mol. The molecule has 0 atom stereocenters. The normalized spacial score (nSPS) is 11.5. The third kappa shape index (κ3) is 3.16. The predicted octanol–water partition coefficient (Wildman–Crippen LogP) is 0.355. The van der Waals surface area contributed by atoms with Crippen LogP contribution in [0.15, 0.2) is 35.5 Å². The maximum absolute atomic E-state index is 12.2. The van der Waals surface area contributed by atoms with E-state index in [1.54, 1.807) is 24.5 Å². The van der Waals surface area contributed by atoms with Gasteiger partial charge >= 0.3 is 0 Å². The fraction of sp³-hybridized carbons (Fsp3) is 0.250. The number of aromatic nitrogens is 2. The van der Waals surface area contributed by atoms with Crippen molar-refractivity contribution in [1.29, 1.82) is 0 Å². The molecule has 2 rings (SSSR count). The second kappa shape index (κ2) is 6.04. The lowest BCUT2D eigenvalue weighted by Gasteiger charge is -2.11. The fourth-order valence-corrected chi connectivity index (χ4v) is 2.83. The van der Waals surface area contributed by atoms with Crippen molar-refractivity contribution in [2.24, 2.45) is 5.73 Å². The molecule has 8 heteroatoms. The van der Waals surface area contributed by atoms with Crippen LogP contribution in [0.1, 0.15) is 11.4 Å². The molecule has 1 heterocycles. The van der Waals surface area contributed by atoms with Crippen LogP contribution < -0.4 is 15.2 Å². The molecule has 0 aliphatic heterocycles. The van der Waals surface area contributed by atoms with Gasteiger partial charge in [0.25, 0.3) is 0 Å². The van der Waals surface area contributed by atoms with Gasteiger partial charge in [-0.25, -0.2) is 18.1 Å². The number of imidazole rings is 1. The number of methoxy groups -OCH3 is 1. The van der Waals surface area contributed by atoms with Crippen molar-refractivity contribution >= 4 is 10.0 Å². The quantitative estimate of drug-likeness (QED) is 0.712. The van der Waals surface area contributed by atoms with E-state index in [0.717, 1.165) is 5.56 Å². The third-order valence-electron chi connectivity index (χ3n) is 2.74. The Balaban J connectivity index is 2.24. The zero-order valence-corrected chi connectivity index (χ0v) is 11.8. The molecule has 4 N–H and O–H groups in total. The first-order valence-corrected chi connectivity index (χ1v) is 7.40. The average molecular weight is 296 g/mol. The van der Waals surface area contributed by atoms with Crippen LogP contribution in [-0.4, -0.2) is 25.5 Å². The topological polar surface area (TPSA) is 110 Å². The highest BCUT2D eigenvalue weighted by Gasteiger charge is 2.19. The molecule has 0 spiro atoms. The van der Waals surface area contributed by atoms with E-state index in [-0.39, 0.29) is 17.2 Å². The van der Waals surface area contributed by atoms with E-state index in [9.17, 15) is 8.42 Å². The Bertz CT molecular complexity index is 668. The molecule has 0 amide bonds. The standard InChI is InChI=1S/C12H16N4O3S/c1-19-10-6-9(7-13)2-3-11(10)20(17,18)16-8-12-14-4-5-15-12/h2-6,16H,7-8,13H2,1H3,(H,14,15). The monoisotopic (exact) mass is 296 g/mol. The number of rotatable bonds is 6. The summed E-state index contributed by atoms with van der Waals surface area (Å²) in [5.41, 5.74) is 6.32. The lowest BCUT2D eigenvalue weighted by Crippen LogP contribution is -2.24. The molecule has 0 saturated heterocycles. The van der Waals surface area contributed by atoms with Crippen molar-refractivity contribution in [2.45, 2.75) is 18.0 Å². The van der Waals surface area contributed by atoms with Crippen LogP contribution in [0.3, 0.4) is 0 Å². The summed E-state index contributed by atoms with van der Waals surface area (Å²) in [4.78, 5) is 6.85. The van der Waals surface area contributed by atoms with Gasteiger partial charge in [-0.2, -0.15) is 0 Å². The molecule has 7 nitrogen and oxygen atoms in total. The summed E-state index contributed by atoms with van der Waals surface area (Å²) >= 11 is 0. The first-order chi connectivity index (χ1) is 9.56. The fourth-order valence-electron chi connectivity index (χ4n) is 1.70. The van der Waals surface area contributed by atoms with Crippen LogP contribution in [0.5, 0.6) is 5.75 Å². The largest absolute Gasteiger partial charge is 0.495 e. The Hall–Kier alpha value is -1.90. The Labute approximate surface area is 117 Å². The van der Waals surface area contributed by atoms with E-state index in [4.69, 9.17) is 10.5 Å². The van der Waals surface area contributed by atoms with E-state index in [2.05, 4.69) is 14.7 Å². The van der Waals surface area contributed by atoms with Crippen LogP contribution >= 0.6 is 0 Å². The summed E-state index contributed by atoms with van der Waals surface area (Å²) in [6.45, 7) is 0.396. The van der Waals surface area contributed by atoms with Gasteiger partial charge in [0, 0.05) is 18.9 Å². The van der Waals surface area contributed by atoms with Gasteiger partial charge in [0.1, 0.15) is 16.5 Å². The summed E-state index contributed by atoms with van der Waals surface area (Å²) in [6.07, 6.45) is 3.18. The molecule has 0 unspecified atom stereocenters. The Kier molecular flexibility index (Phi) is 4.38. The summed E-state index contributed by atoms with van der Waals surface area (Å²) in [7, 11) is -2.26. The highest BCUT2D eigenvalue weighted by atomic mass is 32.2. The zero-order chi connectivity index (χ0) is 14.6. The first-order valence-electron chi connectivity index (χ1n) is 5.91. The summed E-state index contributed by atoms with van der Waals surface area (Å²) in [6, 6.07) is 4.75. The number of nitrogens with one attached hydrogen (secondary N) is 2. The second-order valence-corrected chi connectivity index (χ2v) is 5.79. The van der Waals surface area contributed by atoms with Crippen LogP contribution in [0, 0.1) is 0 Å². The van der Waals surface area contributed by atoms with E-state index in [1.165, 1.54) is 13.2 Å². The number of aromatic amines is 1. The minimum absolute atomic E-state index is 0.0729. The van der Waals surface area contributed by atoms with Crippen molar-refractivity contribution in [3.8, 4) is 5.75 Å². The van der Waals surface area contributed by atoms with E-state index < -0.39 is 10.0 Å². The molecule has 20 heavy (non-hydrogen) atoms. The molecule has 0 bridgehead atoms. The van der Waals surface area contributed by atoms with E-state index in [0.29, 0.717) is 12.4 Å². The molecule has 1 aromatic heterocycles. The maximum Gasteiger partial charge on any atom is 0.244 e. The van der Waals surface area contributed by atoms with Gasteiger partial charge in [-0.15, -0.1) is 0 Å². The SMILES string of the molecule is COc1cc(CN)ccc1S(=O)(=O)NCc1ncc[nH]1. The molecular weight excluding hydrogens is 280 g/mol. The Morgan fingerprint density at radius 1 is 1.45 bits per heavy atom. The number of hydrogen-bond acceptors (Lipinski definition) is 5. The number of sulfonamides is 1. The van der Waals surface area contributed by atoms with Gasteiger partial charge in [0.15, 0.2) is 0 Å². The number of nitrogens with zero attached hydrogens (tertiary/aromatic N) is 1. The molecule has 0 fully saturated rings. The molecular formula is C12H16N4O3S. The second-order valence-electron chi connectivity index (χ2n) is 4.05. The number of nitrogens with two attached hydrogens (primary N) is 1. The highest BCUT2D eigenvalue weighted by Crippen LogP contribution is 2.24. The molecule has 0 aliphatic carbocycles. The van der Waals surface area contributed by atoms with E-state index >= 15 is 0 Å². The third-order valence-corrected chi connectivity index (χ3v) is 4.18. The number of benzene rings is 1. The van der Waals surface area contributed by atoms with E-state index in [1.807, 2.05) is 0 Å². The smallest absolute Gasteiger partial charge is 0.244 e. The van der Waals surface area contributed by atoms with Crippen molar-refractivity contribution in [3.63, 3.8) is 0 Å². The lowest BCUT2D eigenvalue weighted by atomic mass is 10.2. The Morgan fingerprint density at radius 3 is 2.85 bits per heavy atom. The Morgan fingerprint density at radius 2 is 2.25 bits per heavy atom. The molecule has 0 radical (unpaired) electrons. The van der Waals surface area contributed by atoms with Crippen LogP contribution in [0.25, 0.3) is 0 Å². The van der Waals surface area contributed by atoms with Crippen LogP contribution in [0.4, 0.5) is 0 Å². The van der Waals surface area contributed by atoms with Crippen molar-refractivity contribution in [1.82, 2.24) is 14.7 Å². The number of H-pyrrole nitrogens is 1. The molecule has 2 aromatic rings. The number of ether oxygens (including phenoxy) is 1. The van der Waals surface area contributed by atoms with Crippen molar-refractivity contribution in [2.75, 3.05) is 7.11 Å². The van der Waals surface area contributed by atoms with Gasteiger partial charge in [0.2, 0.25) is 10.0 Å². The van der Waals surface area contributed by atoms with Gasteiger partial charge in [0.05, 0.1) is 13.7 Å². The molecule has 0 aliphatic rings. The average Bonchev–Trinajstić information content (AvgIpc) is 2.97. The highest BCUT2D eigenvalue weighted by molar-refractivity contribution is 7.89. The van der Waals surface area contributed by atoms with Crippen molar-refractivity contribution in [3.05, 3.63) is 42.0 Å². The lowest BCUT2D eigenvalue weighted by molar-refractivity contribution is 0.401. The van der Waals surface area contributed by atoms with Gasteiger partial charge in [-0.05, 0) is 17.7 Å². The molecule has 1 aromatic carbocycles. The summed E-state index contributed by atoms with van der Waals surface area (Å²) in [5, 5.41) is 0. The van der Waals surface area contributed by atoms with Crippen LogP contribution in [0.2, 0.25) is 0 Å². The molecule has 0 saturated carbocycles. The van der Waals surface area contributed by atoms with Gasteiger partial charge in [-0.1, -0.05) is 6.07 Å². The van der Waals surface area contributed by atoms with Crippen molar-refractivity contribution < 1.29 is 13.2 Å². The van der Waals surface area contributed by atoms with Gasteiger partial charge in [-0.3, -0.25) is 0 Å². The number of hydrogen-bond donors (Lipinski definition) is 3. The summed E-state index contributed by atoms with van der Waals surface area (Å²) < 4.78 is 32.1. The minimum Gasteiger partial charge on any atom is -0.495 e. The maximum atomic E-state index is 12.2. The zero-order valence-electron chi connectivity index (χ0n) is 11.0.